The zero-order valence-corrected chi connectivity index (χ0v) is 12.9. The highest BCUT2D eigenvalue weighted by atomic mass is 19.1. The van der Waals surface area contributed by atoms with Gasteiger partial charge >= 0.3 is 5.97 Å². The Morgan fingerprint density at radius 3 is 2.65 bits per heavy atom. The molecule has 2 amide bonds. The van der Waals surface area contributed by atoms with Crippen molar-refractivity contribution in [1.82, 2.24) is 10.2 Å². The van der Waals surface area contributed by atoms with Gasteiger partial charge in [-0.1, -0.05) is 18.2 Å². The zero-order chi connectivity index (χ0) is 16.8. The molecule has 1 aromatic carbocycles. The van der Waals surface area contributed by atoms with Crippen LogP contribution in [0.2, 0.25) is 0 Å². The van der Waals surface area contributed by atoms with Gasteiger partial charge in [0.05, 0.1) is 13.0 Å². The SMILES string of the molecule is CN(CC(=O)NC1CC1)C(=O)COC(=O)Cc1ccccc1F. The van der Waals surface area contributed by atoms with Crippen molar-refractivity contribution in [2.75, 3.05) is 20.2 Å². The quantitative estimate of drug-likeness (QED) is 0.748. The topological polar surface area (TPSA) is 75.7 Å². The molecule has 0 spiro atoms. The molecule has 124 valence electrons. The molecule has 0 aromatic heterocycles. The molecule has 7 heteroatoms. The molecule has 6 nitrogen and oxygen atoms in total. The first kappa shape index (κ1) is 16.9. The first-order chi connectivity index (χ1) is 11.0. The van der Waals surface area contributed by atoms with Gasteiger partial charge in [0.1, 0.15) is 5.82 Å². The Hall–Kier alpha value is -2.44. The predicted molar refractivity (Wildman–Crippen MR) is 79.9 cm³/mol. The number of esters is 1. The van der Waals surface area contributed by atoms with Crippen LogP contribution < -0.4 is 5.32 Å². The minimum Gasteiger partial charge on any atom is -0.455 e. The van der Waals surface area contributed by atoms with Crippen LogP contribution in [-0.2, 0) is 25.5 Å². The molecule has 1 saturated carbocycles. The fourth-order valence-electron chi connectivity index (χ4n) is 1.91. The van der Waals surface area contributed by atoms with Gasteiger partial charge in [0.15, 0.2) is 6.61 Å². The summed E-state index contributed by atoms with van der Waals surface area (Å²) in [6.45, 7) is -0.555. The van der Waals surface area contributed by atoms with Crippen LogP contribution in [-0.4, -0.2) is 48.9 Å². The Bertz CT molecular complexity index is 601. The average molecular weight is 322 g/mol. The van der Waals surface area contributed by atoms with Crippen molar-refractivity contribution < 1.29 is 23.5 Å². The van der Waals surface area contributed by atoms with E-state index in [1.54, 1.807) is 6.07 Å². The van der Waals surface area contributed by atoms with Gasteiger partial charge in [-0.25, -0.2) is 4.39 Å². The highest BCUT2D eigenvalue weighted by Crippen LogP contribution is 2.18. The van der Waals surface area contributed by atoms with Crippen molar-refractivity contribution in [2.24, 2.45) is 0 Å². The van der Waals surface area contributed by atoms with Crippen molar-refractivity contribution in [3.63, 3.8) is 0 Å². The van der Waals surface area contributed by atoms with E-state index < -0.39 is 24.3 Å². The molecule has 1 aromatic rings. The Balaban J connectivity index is 1.71. The third-order valence-corrected chi connectivity index (χ3v) is 3.40. The minimum atomic E-state index is -0.695. The lowest BCUT2D eigenvalue weighted by Gasteiger charge is -2.16. The maximum Gasteiger partial charge on any atom is 0.310 e. The van der Waals surface area contributed by atoms with Crippen LogP contribution in [0.1, 0.15) is 18.4 Å². The number of nitrogens with one attached hydrogen (secondary N) is 1. The van der Waals surface area contributed by atoms with Crippen LogP contribution in [0.4, 0.5) is 4.39 Å². The molecule has 0 radical (unpaired) electrons. The molecule has 0 aliphatic heterocycles. The molecule has 0 heterocycles. The van der Waals surface area contributed by atoms with Gasteiger partial charge in [0.25, 0.3) is 5.91 Å². The third kappa shape index (κ3) is 5.69. The Morgan fingerprint density at radius 1 is 1.30 bits per heavy atom. The van der Waals surface area contributed by atoms with Crippen LogP contribution in [0, 0.1) is 5.82 Å². The molecule has 1 N–H and O–H groups in total. The van der Waals surface area contributed by atoms with Crippen LogP contribution in [0.25, 0.3) is 0 Å². The van der Waals surface area contributed by atoms with Crippen molar-refractivity contribution in [3.8, 4) is 0 Å². The third-order valence-electron chi connectivity index (χ3n) is 3.40. The maximum atomic E-state index is 13.4. The number of hydrogen-bond acceptors (Lipinski definition) is 4. The number of ether oxygens (including phenoxy) is 1. The summed E-state index contributed by atoms with van der Waals surface area (Å²) >= 11 is 0. The van der Waals surface area contributed by atoms with Gasteiger partial charge < -0.3 is 15.0 Å². The largest absolute Gasteiger partial charge is 0.455 e. The van der Waals surface area contributed by atoms with Crippen LogP contribution >= 0.6 is 0 Å². The molecule has 0 saturated heterocycles. The summed E-state index contributed by atoms with van der Waals surface area (Å²) in [5.41, 5.74) is 0.210. The van der Waals surface area contributed by atoms with Gasteiger partial charge in [-0.05, 0) is 24.5 Å². The van der Waals surface area contributed by atoms with Crippen LogP contribution in [0.3, 0.4) is 0 Å². The second kappa shape index (κ2) is 7.71. The highest BCUT2D eigenvalue weighted by Gasteiger charge is 2.24. The number of hydrogen-bond donors (Lipinski definition) is 1. The molecule has 0 atom stereocenters. The van der Waals surface area contributed by atoms with Crippen molar-refractivity contribution in [3.05, 3.63) is 35.6 Å². The summed E-state index contributed by atoms with van der Waals surface area (Å²) < 4.78 is 18.2. The number of nitrogens with zero attached hydrogens (tertiary/aromatic N) is 1. The molecular weight excluding hydrogens is 303 g/mol. The van der Waals surface area contributed by atoms with Crippen LogP contribution in [0.5, 0.6) is 0 Å². The normalized spacial score (nSPS) is 13.3. The van der Waals surface area contributed by atoms with Crippen molar-refractivity contribution >= 4 is 17.8 Å². The lowest BCUT2D eigenvalue weighted by atomic mass is 10.1. The summed E-state index contributed by atoms with van der Waals surface area (Å²) in [4.78, 5) is 36.2. The van der Waals surface area contributed by atoms with E-state index in [4.69, 9.17) is 4.74 Å². The molecule has 1 fully saturated rings. The number of carbonyl (C=O) groups excluding carboxylic acids is 3. The number of rotatable bonds is 7. The summed E-state index contributed by atoms with van der Waals surface area (Å²) in [7, 11) is 1.46. The Labute approximate surface area is 133 Å². The van der Waals surface area contributed by atoms with Gasteiger partial charge in [-0.2, -0.15) is 0 Å². The van der Waals surface area contributed by atoms with E-state index in [9.17, 15) is 18.8 Å². The van der Waals surface area contributed by atoms with E-state index in [-0.39, 0.29) is 30.5 Å². The number of benzene rings is 1. The van der Waals surface area contributed by atoms with Crippen LogP contribution in [0.15, 0.2) is 24.3 Å². The van der Waals surface area contributed by atoms with E-state index in [1.165, 1.54) is 30.1 Å². The molecule has 2 rings (SSSR count). The molecule has 1 aliphatic carbocycles. The van der Waals surface area contributed by atoms with E-state index in [2.05, 4.69) is 5.32 Å². The average Bonchev–Trinajstić information content (AvgIpc) is 3.30. The smallest absolute Gasteiger partial charge is 0.310 e. The van der Waals surface area contributed by atoms with Gasteiger partial charge in [-0.15, -0.1) is 0 Å². The number of amides is 2. The summed E-state index contributed by atoms with van der Waals surface area (Å²) in [5.74, 6) is -1.91. The maximum absolute atomic E-state index is 13.4. The Morgan fingerprint density at radius 2 is 2.00 bits per heavy atom. The monoisotopic (exact) mass is 322 g/mol. The molecule has 1 aliphatic rings. The van der Waals surface area contributed by atoms with E-state index in [1.807, 2.05) is 0 Å². The van der Waals surface area contributed by atoms with E-state index >= 15 is 0 Å². The van der Waals surface area contributed by atoms with E-state index in [0.717, 1.165) is 12.8 Å². The van der Waals surface area contributed by atoms with Gasteiger partial charge in [-0.3, -0.25) is 14.4 Å². The summed E-state index contributed by atoms with van der Waals surface area (Å²) in [6, 6.07) is 6.09. The van der Waals surface area contributed by atoms with Gasteiger partial charge in [0.2, 0.25) is 5.91 Å². The van der Waals surface area contributed by atoms with Crippen molar-refractivity contribution in [2.45, 2.75) is 25.3 Å². The first-order valence-electron chi connectivity index (χ1n) is 7.38. The molecular formula is C16H19FN2O4. The van der Waals surface area contributed by atoms with Gasteiger partial charge in [0, 0.05) is 13.1 Å². The molecule has 23 heavy (non-hydrogen) atoms. The zero-order valence-electron chi connectivity index (χ0n) is 12.9. The second-order valence-electron chi connectivity index (χ2n) is 5.52. The minimum absolute atomic E-state index is 0.0831. The number of likely N-dealkylation sites (N-methyl/N-ethyl adjacent to an activating group) is 1. The standard InChI is InChI=1S/C16H19FN2O4/c1-19(9-14(20)18-12-6-7-12)15(21)10-23-16(22)8-11-4-2-3-5-13(11)17/h2-5,12H,6-10H2,1H3,(H,18,20). The lowest BCUT2D eigenvalue weighted by molar-refractivity contribution is -0.151. The lowest BCUT2D eigenvalue weighted by Crippen LogP contribution is -2.40. The summed E-state index contributed by atoms with van der Waals surface area (Å²) in [6.07, 6.45) is 1.69. The second-order valence-corrected chi connectivity index (χ2v) is 5.52. The fourth-order valence-corrected chi connectivity index (χ4v) is 1.91. The highest BCUT2D eigenvalue weighted by molar-refractivity contribution is 5.86. The van der Waals surface area contributed by atoms with Crippen molar-refractivity contribution in [1.29, 1.82) is 0 Å². The Kier molecular flexibility index (Phi) is 5.67. The molecule has 0 bridgehead atoms. The molecule has 0 unspecified atom stereocenters. The number of carbonyl (C=O) groups is 3. The predicted octanol–water partition coefficient (Wildman–Crippen LogP) is 0.648. The van der Waals surface area contributed by atoms with E-state index in [0.29, 0.717) is 0 Å². The summed E-state index contributed by atoms with van der Waals surface area (Å²) in [5, 5.41) is 2.76. The fraction of sp³-hybridized carbons (Fsp3) is 0.438. The first-order valence-corrected chi connectivity index (χ1v) is 7.38. The number of halogens is 1.